The number of thiocarbonyl (C=S) groups is 1. The van der Waals surface area contributed by atoms with Gasteiger partial charge in [0.1, 0.15) is 5.75 Å². The van der Waals surface area contributed by atoms with Gasteiger partial charge in [0.25, 0.3) is 5.91 Å². The molecule has 5 nitrogen and oxygen atoms in total. The van der Waals surface area contributed by atoms with Crippen molar-refractivity contribution in [2.45, 2.75) is 25.9 Å². The van der Waals surface area contributed by atoms with E-state index in [4.69, 9.17) is 21.7 Å². The van der Waals surface area contributed by atoms with Crippen LogP contribution in [0.1, 0.15) is 30.1 Å². The summed E-state index contributed by atoms with van der Waals surface area (Å²) >= 11 is 7.52. The number of likely N-dealkylation sites (N-methyl/N-ethyl adjacent to an activating group) is 1. The number of amides is 1. The van der Waals surface area contributed by atoms with E-state index in [0.717, 1.165) is 41.9 Å². The molecule has 126 valence electrons. The predicted octanol–water partition coefficient (Wildman–Crippen LogP) is 2.82. The number of benzene rings is 1. The Morgan fingerprint density at radius 3 is 2.91 bits per heavy atom. The van der Waals surface area contributed by atoms with Crippen molar-refractivity contribution in [2.24, 2.45) is 0 Å². The quantitative estimate of drug-likeness (QED) is 0.555. The molecule has 1 aliphatic heterocycles. The van der Waals surface area contributed by atoms with Crippen LogP contribution in [-0.2, 0) is 4.74 Å². The van der Waals surface area contributed by atoms with Crippen LogP contribution in [0.5, 0.6) is 5.75 Å². The van der Waals surface area contributed by atoms with Gasteiger partial charge in [0.15, 0.2) is 5.11 Å². The molecule has 1 aromatic carbocycles. The third kappa shape index (κ3) is 5.02. The fourth-order valence-electron chi connectivity index (χ4n) is 2.45. The second kappa shape index (κ2) is 8.79. The highest BCUT2D eigenvalue weighted by Crippen LogP contribution is 2.21. The molecule has 0 radical (unpaired) electrons. The van der Waals surface area contributed by atoms with Crippen molar-refractivity contribution in [3.05, 3.63) is 27.3 Å². The van der Waals surface area contributed by atoms with Crippen LogP contribution < -0.4 is 10.1 Å². The Hall–Kier alpha value is -0.930. The molecule has 0 aromatic heterocycles. The zero-order valence-corrected chi connectivity index (χ0v) is 16.3. The number of hydrogen-bond donors (Lipinski definition) is 1. The van der Waals surface area contributed by atoms with Crippen LogP contribution in [0, 0.1) is 3.57 Å². The fourth-order valence-corrected chi connectivity index (χ4v) is 3.48. The van der Waals surface area contributed by atoms with Crippen molar-refractivity contribution < 1.29 is 14.3 Å². The summed E-state index contributed by atoms with van der Waals surface area (Å²) in [6, 6.07) is 5.30. The molecule has 1 atom stereocenters. The van der Waals surface area contributed by atoms with E-state index in [0.29, 0.717) is 10.7 Å². The minimum absolute atomic E-state index is 0.201. The fraction of sp³-hybridized carbons (Fsp3) is 0.500. The Morgan fingerprint density at radius 1 is 1.57 bits per heavy atom. The minimum Gasteiger partial charge on any atom is -0.496 e. The Morgan fingerprint density at radius 2 is 2.35 bits per heavy atom. The first-order chi connectivity index (χ1) is 11.0. The molecule has 0 saturated carbocycles. The van der Waals surface area contributed by atoms with Gasteiger partial charge in [-0.2, -0.15) is 0 Å². The lowest BCUT2D eigenvalue weighted by Crippen LogP contribution is -2.45. The molecule has 0 unspecified atom stereocenters. The van der Waals surface area contributed by atoms with Crippen LogP contribution in [-0.4, -0.2) is 48.8 Å². The smallest absolute Gasteiger partial charge is 0.257 e. The summed E-state index contributed by atoms with van der Waals surface area (Å²) in [4.78, 5) is 14.3. The highest BCUT2D eigenvalue weighted by molar-refractivity contribution is 14.1. The van der Waals surface area contributed by atoms with Crippen LogP contribution in [0.15, 0.2) is 18.2 Å². The average molecular weight is 448 g/mol. The molecule has 1 heterocycles. The van der Waals surface area contributed by atoms with E-state index in [9.17, 15) is 4.79 Å². The van der Waals surface area contributed by atoms with Gasteiger partial charge in [-0.3, -0.25) is 10.1 Å². The highest BCUT2D eigenvalue weighted by atomic mass is 127. The monoisotopic (exact) mass is 448 g/mol. The van der Waals surface area contributed by atoms with Crippen molar-refractivity contribution in [1.82, 2.24) is 10.2 Å². The van der Waals surface area contributed by atoms with Crippen molar-refractivity contribution in [2.75, 3.05) is 26.8 Å². The average Bonchev–Trinajstić information content (AvgIpc) is 3.05. The van der Waals surface area contributed by atoms with Gasteiger partial charge in [-0.15, -0.1) is 0 Å². The molecule has 0 aliphatic carbocycles. The van der Waals surface area contributed by atoms with E-state index in [-0.39, 0.29) is 12.0 Å². The van der Waals surface area contributed by atoms with Gasteiger partial charge in [0.05, 0.1) is 16.8 Å². The van der Waals surface area contributed by atoms with E-state index >= 15 is 0 Å². The molecule has 1 saturated heterocycles. The molecule has 0 bridgehead atoms. The molecule has 1 aliphatic rings. The van der Waals surface area contributed by atoms with Crippen molar-refractivity contribution in [1.29, 1.82) is 0 Å². The molecule has 1 aromatic rings. The SMILES string of the molecule is CCN(C[C@H]1CCCO1)C(=S)NC(=O)c1ccc(OC)c(I)c1. The maximum Gasteiger partial charge on any atom is 0.257 e. The first-order valence-electron chi connectivity index (χ1n) is 7.60. The lowest BCUT2D eigenvalue weighted by atomic mass is 10.2. The van der Waals surface area contributed by atoms with Crippen molar-refractivity contribution in [3.63, 3.8) is 0 Å². The maximum absolute atomic E-state index is 12.4. The minimum atomic E-state index is -0.207. The van der Waals surface area contributed by atoms with Crippen LogP contribution in [0.2, 0.25) is 0 Å². The Bertz CT molecular complexity index is 576. The zero-order chi connectivity index (χ0) is 16.8. The molecular weight excluding hydrogens is 427 g/mol. The van der Waals surface area contributed by atoms with Crippen LogP contribution >= 0.6 is 34.8 Å². The topological polar surface area (TPSA) is 50.8 Å². The summed E-state index contributed by atoms with van der Waals surface area (Å²) in [5.41, 5.74) is 0.561. The molecule has 1 N–H and O–H groups in total. The number of ether oxygens (including phenoxy) is 2. The van der Waals surface area contributed by atoms with Gasteiger partial charge in [0.2, 0.25) is 0 Å². The third-order valence-corrected chi connectivity index (χ3v) is 4.95. The van der Waals surface area contributed by atoms with Gasteiger partial charge in [-0.25, -0.2) is 0 Å². The lowest BCUT2D eigenvalue weighted by Gasteiger charge is -2.26. The molecular formula is C16H21IN2O3S. The Kier molecular flexibility index (Phi) is 7.04. The summed E-state index contributed by atoms with van der Waals surface area (Å²) in [5, 5.41) is 3.25. The van der Waals surface area contributed by atoms with Gasteiger partial charge in [-0.05, 0) is 72.8 Å². The molecule has 23 heavy (non-hydrogen) atoms. The van der Waals surface area contributed by atoms with Gasteiger partial charge in [0, 0.05) is 25.3 Å². The van der Waals surface area contributed by atoms with Crippen LogP contribution in [0.4, 0.5) is 0 Å². The second-order valence-electron chi connectivity index (χ2n) is 5.28. The summed E-state index contributed by atoms with van der Waals surface area (Å²) < 4.78 is 11.7. The van der Waals surface area contributed by atoms with Crippen LogP contribution in [0.3, 0.4) is 0 Å². The summed E-state index contributed by atoms with van der Waals surface area (Å²) in [6.07, 6.45) is 2.33. The Balaban J connectivity index is 1.97. The number of hydrogen-bond acceptors (Lipinski definition) is 4. The number of methoxy groups -OCH3 is 1. The number of halogens is 1. The molecule has 1 fully saturated rings. The number of carbonyl (C=O) groups is 1. The predicted molar refractivity (Wildman–Crippen MR) is 102 cm³/mol. The number of carbonyl (C=O) groups excluding carboxylic acids is 1. The standard InChI is InChI=1S/C16H21IN2O3S/c1-3-19(10-12-5-4-8-22-12)16(23)18-15(20)11-6-7-14(21-2)13(17)9-11/h6-7,9,12H,3-5,8,10H2,1-2H3,(H,18,20,23)/t12-/m1/s1. The zero-order valence-electron chi connectivity index (χ0n) is 13.3. The van der Waals surface area contributed by atoms with Gasteiger partial charge >= 0.3 is 0 Å². The van der Waals surface area contributed by atoms with E-state index in [2.05, 4.69) is 27.9 Å². The number of rotatable bonds is 5. The highest BCUT2D eigenvalue weighted by Gasteiger charge is 2.21. The lowest BCUT2D eigenvalue weighted by molar-refractivity contribution is 0.0895. The number of nitrogens with one attached hydrogen (secondary N) is 1. The molecule has 2 rings (SSSR count). The first kappa shape index (κ1) is 18.4. The van der Waals surface area contributed by atoms with E-state index in [1.54, 1.807) is 25.3 Å². The summed E-state index contributed by atoms with van der Waals surface area (Å²) in [7, 11) is 1.61. The van der Waals surface area contributed by atoms with Crippen LogP contribution in [0.25, 0.3) is 0 Å². The molecule has 1 amide bonds. The van der Waals surface area contributed by atoms with E-state index < -0.39 is 0 Å². The van der Waals surface area contributed by atoms with Gasteiger partial charge in [-0.1, -0.05) is 0 Å². The van der Waals surface area contributed by atoms with Crippen molar-refractivity contribution >= 4 is 45.8 Å². The first-order valence-corrected chi connectivity index (χ1v) is 9.09. The largest absolute Gasteiger partial charge is 0.496 e. The van der Waals surface area contributed by atoms with Crippen molar-refractivity contribution in [3.8, 4) is 5.75 Å². The molecule has 0 spiro atoms. The number of nitrogens with zero attached hydrogens (tertiary/aromatic N) is 1. The molecule has 7 heteroatoms. The Labute approximate surface area is 155 Å². The van der Waals surface area contributed by atoms with E-state index in [1.165, 1.54) is 0 Å². The summed E-state index contributed by atoms with van der Waals surface area (Å²) in [5.74, 6) is 0.541. The maximum atomic E-state index is 12.4. The second-order valence-corrected chi connectivity index (χ2v) is 6.83. The summed E-state index contributed by atoms with van der Waals surface area (Å²) in [6.45, 7) is 4.28. The van der Waals surface area contributed by atoms with Gasteiger partial charge < -0.3 is 14.4 Å². The third-order valence-electron chi connectivity index (χ3n) is 3.75. The normalized spacial score (nSPS) is 16.9. The van der Waals surface area contributed by atoms with E-state index in [1.807, 2.05) is 11.8 Å².